The second-order valence-electron chi connectivity index (χ2n) is 6.67. The minimum Gasteiger partial charge on any atom is -0.341 e. The van der Waals surface area contributed by atoms with Gasteiger partial charge in [0, 0.05) is 25.2 Å². The van der Waals surface area contributed by atoms with Gasteiger partial charge in [-0.05, 0) is 44.2 Å². The molecule has 1 saturated heterocycles. The predicted molar refractivity (Wildman–Crippen MR) is 94.0 cm³/mol. The Kier molecular flexibility index (Phi) is 6.17. The number of carbonyl (C=O) groups is 2. The fourth-order valence-electron chi connectivity index (χ4n) is 3.05. The molecule has 0 radical (unpaired) electrons. The first-order valence-electron chi connectivity index (χ1n) is 8.70. The Morgan fingerprint density at radius 3 is 2.75 bits per heavy atom. The van der Waals surface area contributed by atoms with Crippen molar-refractivity contribution in [2.75, 3.05) is 18.4 Å². The van der Waals surface area contributed by atoms with Crippen molar-refractivity contribution in [1.82, 2.24) is 9.47 Å². The summed E-state index contributed by atoms with van der Waals surface area (Å²) in [7, 11) is 0. The second kappa shape index (κ2) is 8.13. The van der Waals surface area contributed by atoms with Crippen molar-refractivity contribution < 1.29 is 9.59 Å². The summed E-state index contributed by atoms with van der Waals surface area (Å²) in [5, 5.41) is 2.64. The molecule has 1 aromatic rings. The Morgan fingerprint density at radius 1 is 1.33 bits per heavy atom. The van der Waals surface area contributed by atoms with Gasteiger partial charge in [-0.15, -0.1) is 0 Å². The zero-order chi connectivity index (χ0) is 17.7. The fraction of sp³-hybridized carbons (Fsp3) is 0.611. The monoisotopic (exact) mass is 333 g/mol. The van der Waals surface area contributed by atoms with Gasteiger partial charge in [-0.25, -0.2) is 0 Å². The van der Waals surface area contributed by atoms with Crippen molar-refractivity contribution in [3.63, 3.8) is 0 Å². The number of amides is 2. The van der Waals surface area contributed by atoms with Crippen LogP contribution in [-0.2, 0) is 16.1 Å². The zero-order valence-corrected chi connectivity index (χ0v) is 14.8. The van der Waals surface area contributed by atoms with Crippen LogP contribution < -0.4 is 10.9 Å². The van der Waals surface area contributed by atoms with Crippen molar-refractivity contribution >= 4 is 17.5 Å². The molecule has 0 aromatic carbocycles. The van der Waals surface area contributed by atoms with Gasteiger partial charge in [0.25, 0.3) is 5.56 Å². The van der Waals surface area contributed by atoms with E-state index in [0.29, 0.717) is 18.0 Å². The molecule has 2 rings (SSSR count). The molecule has 0 saturated carbocycles. The molecule has 1 fully saturated rings. The van der Waals surface area contributed by atoms with Gasteiger partial charge in [-0.3, -0.25) is 14.4 Å². The van der Waals surface area contributed by atoms with Crippen LogP contribution in [0.1, 0.15) is 45.2 Å². The number of nitrogens with one attached hydrogen (secondary N) is 1. The number of piperidine rings is 1. The maximum Gasteiger partial charge on any atom is 0.274 e. The van der Waals surface area contributed by atoms with Crippen LogP contribution in [0.2, 0.25) is 0 Å². The molecule has 0 aliphatic carbocycles. The highest BCUT2D eigenvalue weighted by molar-refractivity contribution is 5.90. The van der Waals surface area contributed by atoms with Gasteiger partial charge in [0.15, 0.2) is 0 Å². The molecule has 6 heteroatoms. The first-order chi connectivity index (χ1) is 11.4. The van der Waals surface area contributed by atoms with Gasteiger partial charge in [0.1, 0.15) is 12.2 Å². The molecule has 1 aromatic heterocycles. The van der Waals surface area contributed by atoms with E-state index < -0.39 is 0 Å². The highest BCUT2D eigenvalue weighted by Gasteiger charge is 2.22. The summed E-state index contributed by atoms with van der Waals surface area (Å²) in [5.41, 5.74) is 0.628. The molecule has 1 unspecified atom stereocenters. The summed E-state index contributed by atoms with van der Waals surface area (Å²) >= 11 is 0. The van der Waals surface area contributed by atoms with Gasteiger partial charge in [-0.2, -0.15) is 0 Å². The minimum absolute atomic E-state index is 0.0227. The molecule has 1 atom stereocenters. The summed E-state index contributed by atoms with van der Waals surface area (Å²) in [6.07, 6.45) is 3.24. The smallest absolute Gasteiger partial charge is 0.274 e. The zero-order valence-electron chi connectivity index (χ0n) is 14.8. The van der Waals surface area contributed by atoms with E-state index in [-0.39, 0.29) is 29.6 Å². The average molecular weight is 333 g/mol. The summed E-state index contributed by atoms with van der Waals surface area (Å²) in [5.74, 6) is 0.283. The highest BCUT2D eigenvalue weighted by atomic mass is 16.2. The number of hydrogen-bond acceptors (Lipinski definition) is 3. The summed E-state index contributed by atoms with van der Waals surface area (Å²) < 4.78 is 1.45. The van der Waals surface area contributed by atoms with Crippen molar-refractivity contribution in [2.24, 2.45) is 5.92 Å². The van der Waals surface area contributed by atoms with Crippen LogP contribution in [0.5, 0.6) is 0 Å². The fourth-order valence-corrected chi connectivity index (χ4v) is 3.05. The van der Waals surface area contributed by atoms with Crippen molar-refractivity contribution in [2.45, 2.75) is 53.0 Å². The lowest BCUT2D eigenvalue weighted by Crippen LogP contribution is -2.42. The van der Waals surface area contributed by atoms with Gasteiger partial charge in [0.2, 0.25) is 11.8 Å². The van der Waals surface area contributed by atoms with Crippen LogP contribution >= 0.6 is 0 Å². The molecule has 6 nitrogen and oxygen atoms in total. The molecular weight excluding hydrogens is 306 g/mol. The highest BCUT2D eigenvalue weighted by Crippen LogP contribution is 2.16. The molecule has 132 valence electrons. The lowest BCUT2D eigenvalue weighted by molar-refractivity contribution is -0.133. The van der Waals surface area contributed by atoms with E-state index in [9.17, 15) is 14.4 Å². The summed E-state index contributed by atoms with van der Waals surface area (Å²) in [4.78, 5) is 38.7. The number of rotatable bonds is 5. The normalized spacial score (nSPS) is 17.6. The molecule has 0 spiro atoms. The molecule has 2 heterocycles. The second-order valence-corrected chi connectivity index (χ2v) is 6.67. The molecule has 1 N–H and O–H groups in total. The van der Waals surface area contributed by atoms with E-state index in [1.807, 2.05) is 11.8 Å². The summed E-state index contributed by atoms with van der Waals surface area (Å²) in [6, 6.07) is 3.37. The molecule has 1 aliphatic heterocycles. The van der Waals surface area contributed by atoms with Crippen LogP contribution in [0.25, 0.3) is 0 Å². The van der Waals surface area contributed by atoms with Crippen LogP contribution in [0.3, 0.4) is 0 Å². The van der Waals surface area contributed by atoms with E-state index in [0.717, 1.165) is 32.4 Å². The topological polar surface area (TPSA) is 71.4 Å². The largest absolute Gasteiger partial charge is 0.341 e. The third-order valence-corrected chi connectivity index (χ3v) is 4.45. The van der Waals surface area contributed by atoms with Crippen LogP contribution in [-0.4, -0.2) is 34.4 Å². The van der Waals surface area contributed by atoms with E-state index in [1.165, 1.54) is 4.57 Å². The van der Waals surface area contributed by atoms with Gasteiger partial charge in [-0.1, -0.05) is 13.8 Å². The average Bonchev–Trinajstić information content (AvgIpc) is 2.54. The van der Waals surface area contributed by atoms with E-state index in [2.05, 4.69) is 12.2 Å². The Balaban J connectivity index is 2.15. The molecular formula is C18H27N3O3. The number of likely N-dealkylation sites (tertiary alicyclic amines) is 1. The van der Waals surface area contributed by atoms with Crippen LogP contribution in [0.15, 0.2) is 16.9 Å². The third kappa shape index (κ3) is 4.46. The number of carbonyl (C=O) groups excluding carboxylic acids is 2. The van der Waals surface area contributed by atoms with Gasteiger partial charge < -0.3 is 14.8 Å². The van der Waals surface area contributed by atoms with E-state index in [4.69, 9.17) is 0 Å². The van der Waals surface area contributed by atoms with Crippen LogP contribution in [0, 0.1) is 12.8 Å². The molecule has 24 heavy (non-hydrogen) atoms. The number of aryl methyl sites for hydroxylation is 1. The third-order valence-electron chi connectivity index (χ3n) is 4.45. The molecule has 1 aliphatic rings. The first kappa shape index (κ1) is 18.2. The number of hydrogen-bond donors (Lipinski definition) is 1. The Hall–Kier alpha value is -2.11. The maximum atomic E-state index is 12.6. The van der Waals surface area contributed by atoms with Crippen molar-refractivity contribution in [1.29, 1.82) is 0 Å². The molecule has 0 bridgehead atoms. The number of pyridine rings is 1. The first-order valence-corrected chi connectivity index (χ1v) is 8.70. The van der Waals surface area contributed by atoms with Crippen molar-refractivity contribution in [3.05, 3.63) is 28.2 Å². The lowest BCUT2D eigenvalue weighted by Gasteiger charge is -2.31. The number of aromatic nitrogens is 1. The van der Waals surface area contributed by atoms with Gasteiger partial charge >= 0.3 is 0 Å². The quantitative estimate of drug-likeness (QED) is 0.897. The number of nitrogens with zero attached hydrogens (tertiary/aromatic N) is 2. The molecule has 2 amide bonds. The Morgan fingerprint density at radius 2 is 2.08 bits per heavy atom. The Labute approximate surface area is 142 Å². The lowest BCUT2D eigenvalue weighted by atomic mass is 10.0. The minimum atomic E-state index is -0.321. The SMILES string of the molecule is CCCC(=O)Nc1ccc(C)n(CC(=O)N2CCCC(C)C2)c1=O. The summed E-state index contributed by atoms with van der Waals surface area (Å²) in [6.45, 7) is 7.37. The maximum absolute atomic E-state index is 12.6. The number of anilines is 1. The predicted octanol–water partition coefficient (Wildman–Crippen LogP) is 2.15. The van der Waals surface area contributed by atoms with Crippen LogP contribution in [0.4, 0.5) is 5.69 Å². The van der Waals surface area contributed by atoms with E-state index in [1.54, 1.807) is 19.1 Å². The standard InChI is InChI=1S/C18H27N3O3/c1-4-6-16(22)19-15-9-8-14(3)21(18(15)24)12-17(23)20-10-5-7-13(2)11-20/h8-9,13H,4-7,10-12H2,1-3H3,(H,19,22). The van der Waals surface area contributed by atoms with Crippen molar-refractivity contribution in [3.8, 4) is 0 Å². The van der Waals surface area contributed by atoms with Gasteiger partial charge in [0.05, 0.1) is 0 Å². The Bertz CT molecular complexity index is 666. The van der Waals surface area contributed by atoms with E-state index >= 15 is 0 Å².